The zero-order chi connectivity index (χ0) is 26.7. The number of unbranched alkanes of at least 4 members (excludes halogenated alkanes) is 7. The van der Waals surface area contributed by atoms with E-state index >= 15 is 0 Å². The second-order valence-corrected chi connectivity index (χ2v) is 8.31. The van der Waals surface area contributed by atoms with Gasteiger partial charge >= 0.3 is 5.97 Å². The second kappa shape index (κ2) is 13.7. The van der Waals surface area contributed by atoms with E-state index in [2.05, 4.69) is 6.92 Å². The van der Waals surface area contributed by atoms with Gasteiger partial charge in [0, 0.05) is 30.3 Å². The molecule has 0 bridgehead atoms. The number of nitro benzene ring substituents is 2. The summed E-state index contributed by atoms with van der Waals surface area (Å²) in [4.78, 5) is 60.4. The smallest absolute Gasteiger partial charge is 0.336 e. The van der Waals surface area contributed by atoms with E-state index in [1.165, 1.54) is 18.2 Å². The molecule has 36 heavy (non-hydrogen) atoms. The summed E-state index contributed by atoms with van der Waals surface area (Å²) in [6.07, 6.45) is 7.40. The molecule has 0 spiro atoms. The number of non-ortho nitro benzene ring substituents is 1. The van der Waals surface area contributed by atoms with Crippen molar-refractivity contribution in [2.45, 2.75) is 58.3 Å². The van der Waals surface area contributed by atoms with E-state index in [4.69, 9.17) is 0 Å². The molecule has 2 aromatic rings. The maximum atomic E-state index is 13.5. The van der Waals surface area contributed by atoms with Gasteiger partial charge in [-0.2, -0.15) is 0 Å². The Hall–Kier alpha value is -4.15. The van der Waals surface area contributed by atoms with Crippen LogP contribution >= 0.6 is 0 Å². The number of rotatable bonds is 14. The highest BCUT2D eigenvalue weighted by atomic mass is 16.6. The first kappa shape index (κ1) is 28.1. The molecule has 0 aliphatic rings. The minimum Gasteiger partial charge on any atom is -0.478 e. The van der Waals surface area contributed by atoms with Crippen LogP contribution in [0.4, 0.5) is 11.4 Å². The highest BCUT2D eigenvalue weighted by Crippen LogP contribution is 2.26. The number of nitrogens with zero attached hydrogens (tertiary/aromatic N) is 3. The van der Waals surface area contributed by atoms with Crippen LogP contribution in [0.5, 0.6) is 0 Å². The fourth-order valence-corrected chi connectivity index (χ4v) is 3.84. The van der Waals surface area contributed by atoms with Gasteiger partial charge in [0.25, 0.3) is 23.2 Å². The molecule has 2 amide bonds. The summed E-state index contributed by atoms with van der Waals surface area (Å²) in [6, 6.07) is 7.96. The van der Waals surface area contributed by atoms with E-state index in [1.54, 1.807) is 0 Å². The lowest BCUT2D eigenvalue weighted by molar-refractivity contribution is -0.385. The Kier molecular flexibility index (Phi) is 10.7. The molecule has 0 saturated heterocycles. The number of carbonyl (C=O) groups is 3. The van der Waals surface area contributed by atoms with Crippen LogP contribution in [0.3, 0.4) is 0 Å². The molecule has 0 atom stereocenters. The molecule has 0 aromatic heterocycles. The quantitative estimate of drug-likeness (QED) is 0.151. The molecule has 2 rings (SSSR count). The number of carboxylic acid groups (broad SMARTS) is 1. The normalized spacial score (nSPS) is 10.6. The van der Waals surface area contributed by atoms with Crippen molar-refractivity contribution in [3.8, 4) is 0 Å². The summed E-state index contributed by atoms with van der Waals surface area (Å²) in [7, 11) is 0. The largest absolute Gasteiger partial charge is 0.478 e. The van der Waals surface area contributed by atoms with Gasteiger partial charge in [0.2, 0.25) is 0 Å². The second-order valence-electron chi connectivity index (χ2n) is 8.31. The lowest BCUT2D eigenvalue weighted by Gasteiger charge is -2.22. The number of imide groups is 1. The highest BCUT2D eigenvalue weighted by Gasteiger charge is 2.33. The monoisotopic (exact) mass is 499 g/mol. The number of carboxylic acids is 1. The van der Waals surface area contributed by atoms with Crippen LogP contribution < -0.4 is 0 Å². The van der Waals surface area contributed by atoms with Crippen molar-refractivity contribution in [2.24, 2.45) is 0 Å². The van der Waals surface area contributed by atoms with Crippen LogP contribution in [-0.4, -0.2) is 44.2 Å². The summed E-state index contributed by atoms with van der Waals surface area (Å²) in [5, 5.41) is 32.3. The number of hydrogen-bond donors (Lipinski definition) is 1. The first-order valence-corrected chi connectivity index (χ1v) is 11.8. The van der Waals surface area contributed by atoms with Crippen molar-refractivity contribution < 1.29 is 29.3 Å². The Labute approximate surface area is 208 Å². The molecule has 1 N–H and O–H groups in total. The Morgan fingerprint density at radius 1 is 0.833 bits per heavy atom. The molecule has 11 heteroatoms. The van der Waals surface area contributed by atoms with E-state index in [9.17, 15) is 39.7 Å². The van der Waals surface area contributed by atoms with Crippen molar-refractivity contribution in [2.75, 3.05) is 6.54 Å². The van der Waals surface area contributed by atoms with Crippen LogP contribution in [0.15, 0.2) is 42.5 Å². The molecule has 11 nitrogen and oxygen atoms in total. The van der Waals surface area contributed by atoms with Crippen molar-refractivity contribution in [3.05, 3.63) is 79.4 Å². The Bertz CT molecular complexity index is 1100. The zero-order valence-corrected chi connectivity index (χ0v) is 20.1. The number of benzene rings is 2. The molecule has 0 unspecified atom stereocenters. The van der Waals surface area contributed by atoms with Crippen LogP contribution in [0, 0.1) is 20.2 Å². The molecular formula is C25H29N3O8. The fraction of sp³-hybridized carbons (Fsp3) is 0.400. The Morgan fingerprint density at radius 3 is 2.03 bits per heavy atom. The number of hydrogen-bond acceptors (Lipinski definition) is 7. The molecule has 0 saturated carbocycles. The predicted molar refractivity (Wildman–Crippen MR) is 131 cm³/mol. The first-order chi connectivity index (χ1) is 17.2. The molecule has 0 aliphatic heterocycles. The molecule has 0 heterocycles. The van der Waals surface area contributed by atoms with Gasteiger partial charge in [-0.3, -0.25) is 34.7 Å². The van der Waals surface area contributed by atoms with Gasteiger partial charge in [0.05, 0.1) is 15.4 Å². The van der Waals surface area contributed by atoms with Gasteiger partial charge in [-0.1, -0.05) is 64.0 Å². The third-order valence-corrected chi connectivity index (χ3v) is 5.71. The summed E-state index contributed by atoms with van der Waals surface area (Å²) >= 11 is 0. The summed E-state index contributed by atoms with van der Waals surface area (Å²) in [5.41, 5.74) is -2.59. The summed E-state index contributed by atoms with van der Waals surface area (Å²) < 4.78 is 0. The SMILES string of the molecule is CCCCCCCCCCN(C(=O)c1cccc([N+](=O)[O-])c1)C(=O)c1c(C(=O)O)cccc1[N+](=O)[O-]. The van der Waals surface area contributed by atoms with Gasteiger partial charge in [0.1, 0.15) is 5.56 Å². The summed E-state index contributed by atoms with van der Waals surface area (Å²) in [5.74, 6) is -3.60. The minimum atomic E-state index is -1.56. The van der Waals surface area contributed by atoms with E-state index in [0.717, 1.165) is 67.7 Å². The molecule has 0 aliphatic carbocycles. The van der Waals surface area contributed by atoms with Gasteiger partial charge < -0.3 is 5.11 Å². The average Bonchev–Trinajstić information content (AvgIpc) is 2.86. The summed E-state index contributed by atoms with van der Waals surface area (Å²) in [6.45, 7) is 2.00. The van der Waals surface area contributed by atoms with Crippen LogP contribution in [-0.2, 0) is 0 Å². The number of aromatic carboxylic acids is 1. The highest BCUT2D eigenvalue weighted by molar-refractivity contribution is 6.15. The average molecular weight is 500 g/mol. The third-order valence-electron chi connectivity index (χ3n) is 5.71. The van der Waals surface area contributed by atoms with Crippen molar-refractivity contribution >= 4 is 29.2 Å². The Balaban J connectivity index is 2.37. The van der Waals surface area contributed by atoms with Crippen LogP contribution in [0.2, 0.25) is 0 Å². The van der Waals surface area contributed by atoms with E-state index in [1.807, 2.05) is 0 Å². The van der Waals surface area contributed by atoms with Crippen molar-refractivity contribution in [3.63, 3.8) is 0 Å². The maximum Gasteiger partial charge on any atom is 0.336 e. The molecule has 0 fully saturated rings. The van der Waals surface area contributed by atoms with Crippen molar-refractivity contribution in [1.82, 2.24) is 4.90 Å². The number of amides is 2. The minimum absolute atomic E-state index is 0.125. The number of nitro groups is 2. The molecule has 192 valence electrons. The lowest BCUT2D eigenvalue weighted by atomic mass is 10.0. The maximum absolute atomic E-state index is 13.5. The standard InChI is InChI=1S/C25H29N3O8/c1-2-3-4-5-6-7-8-9-16-26(23(29)18-12-10-13-19(17-18)27(33)34)24(30)22-20(25(31)32)14-11-15-21(22)28(35)36/h10-15,17H,2-9,16H2,1H3,(H,31,32). The third kappa shape index (κ3) is 7.42. The van der Waals surface area contributed by atoms with Gasteiger partial charge in [0.15, 0.2) is 0 Å². The van der Waals surface area contributed by atoms with Gasteiger partial charge in [-0.25, -0.2) is 4.79 Å². The van der Waals surface area contributed by atoms with E-state index < -0.39 is 44.4 Å². The van der Waals surface area contributed by atoms with Gasteiger partial charge in [-0.15, -0.1) is 0 Å². The van der Waals surface area contributed by atoms with Crippen molar-refractivity contribution in [1.29, 1.82) is 0 Å². The molecular weight excluding hydrogens is 470 g/mol. The van der Waals surface area contributed by atoms with Crippen LogP contribution in [0.1, 0.15) is 89.4 Å². The fourth-order valence-electron chi connectivity index (χ4n) is 3.84. The number of carbonyl (C=O) groups excluding carboxylic acids is 2. The molecule has 0 radical (unpaired) electrons. The topological polar surface area (TPSA) is 161 Å². The first-order valence-electron chi connectivity index (χ1n) is 11.8. The Morgan fingerprint density at radius 2 is 1.44 bits per heavy atom. The van der Waals surface area contributed by atoms with Crippen LogP contribution in [0.25, 0.3) is 0 Å². The predicted octanol–water partition coefficient (Wildman–Crippen LogP) is 5.62. The molecule has 2 aromatic carbocycles. The van der Waals surface area contributed by atoms with Gasteiger partial charge in [-0.05, 0) is 18.6 Å². The van der Waals surface area contributed by atoms with E-state index in [-0.39, 0.29) is 17.8 Å². The lowest BCUT2D eigenvalue weighted by Crippen LogP contribution is -2.39. The van der Waals surface area contributed by atoms with E-state index in [0.29, 0.717) is 12.8 Å². The zero-order valence-electron chi connectivity index (χ0n) is 20.1.